The number of benzene rings is 2. The number of rotatable bonds is 11. The third-order valence-electron chi connectivity index (χ3n) is 5.72. The number of carbonyl (C=O) groups excluding carboxylic acids is 2. The second-order valence-corrected chi connectivity index (χ2v) is 8.19. The monoisotopic (exact) mass is 440 g/mol. The minimum absolute atomic E-state index is 0.0628. The fourth-order valence-corrected chi connectivity index (χ4v) is 3.37. The summed E-state index contributed by atoms with van der Waals surface area (Å²) < 4.78 is 10.6. The summed E-state index contributed by atoms with van der Waals surface area (Å²) in [5.41, 5.74) is 3.13. The molecule has 0 radical (unpaired) electrons. The molecule has 2 amide bonds. The lowest BCUT2D eigenvalue weighted by atomic mass is 10.1. The zero-order valence-corrected chi connectivity index (χ0v) is 20.1. The van der Waals surface area contributed by atoms with E-state index in [1.54, 1.807) is 26.0 Å². The highest BCUT2D eigenvalue weighted by Crippen LogP contribution is 2.28. The second kappa shape index (κ2) is 12.1. The Morgan fingerprint density at radius 2 is 1.59 bits per heavy atom. The number of methoxy groups -OCH3 is 2. The van der Waals surface area contributed by atoms with E-state index in [9.17, 15) is 9.59 Å². The molecule has 6 nitrogen and oxygen atoms in total. The van der Waals surface area contributed by atoms with Gasteiger partial charge in [-0.25, -0.2) is 0 Å². The zero-order chi connectivity index (χ0) is 23.7. The number of nitrogens with zero attached hydrogens (tertiary/aromatic N) is 1. The van der Waals surface area contributed by atoms with Crippen LogP contribution in [-0.4, -0.2) is 43.0 Å². The summed E-state index contributed by atoms with van der Waals surface area (Å²) in [6.45, 7) is 8.19. The van der Waals surface area contributed by atoms with Crippen molar-refractivity contribution in [2.24, 2.45) is 0 Å². The quantitative estimate of drug-likeness (QED) is 0.566. The smallest absolute Gasteiger partial charge is 0.242 e. The van der Waals surface area contributed by atoms with Crippen molar-refractivity contribution in [2.45, 2.75) is 65.6 Å². The van der Waals surface area contributed by atoms with E-state index >= 15 is 0 Å². The molecule has 0 fully saturated rings. The average molecular weight is 441 g/mol. The molecule has 0 saturated carbocycles. The summed E-state index contributed by atoms with van der Waals surface area (Å²) in [5.74, 6) is 1.09. The molecule has 0 saturated heterocycles. The highest BCUT2D eigenvalue weighted by atomic mass is 16.5. The van der Waals surface area contributed by atoms with Crippen LogP contribution >= 0.6 is 0 Å². The standard InChI is InChI=1S/C26H36N2O4/c1-7-19(3)27-26(30)20(4)28(17-22-10-8-18(2)9-11-22)25(29)15-13-21-12-14-23(31-5)24(16-21)32-6/h8-12,14,16,19-20H,7,13,15,17H2,1-6H3,(H,27,30)/t19-,20-/m1/s1. The molecule has 0 aliphatic heterocycles. The van der Waals surface area contributed by atoms with Crippen molar-refractivity contribution in [1.29, 1.82) is 0 Å². The maximum Gasteiger partial charge on any atom is 0.242 e. The van der Waals surface area contributed by atoms with E-state index in [0.717, 1.165) is 23.1 Å². The topological polar surface area (TPSA) is 67.9 Å². The molecule has 0 aliphatic rings. The Morgan fingerprint density at radius 1 is 0.969 bits per heavy atom. The molecule has 6 heteroatoms. The Labute approximate surface area is 191 Å². The van der Waals surface area contributed by atoms with Crippen LogP contribution in [-0.2, 0) is 22.6 Å². The summed E-state index contributed by atoms with van der Waals surface area (Å²) in [7, 11) is 3.18. The number of carbonyl (C=O) groups is 2. The fourth-order valence-electron chi connectivity index (χ4n) is 3.37. The molecule has 2 aromatic rings. The Hall–Kier alpha value is -3.02. The fraction of sp³-hybridized carbons (Fsp3) is 0.462. The maximum absolute atomic E-state index is 13.3. The van der Waals surface area contributed by atoms with Crippen molar-refractivity contribution < 1.29 is 19.1 Å². The largest absolute Gasteiger partial charge is 0.493 e. The van der Waals surface area contributed by atoms with E-state index < -0.39 is 6.04 Å². The van der Waals surface area contributed by atoms with E-state index in [2.05, 4.69) is 5.32 Å². The molecule has 2 atom stereocenters. The highest BCUT2D eigenvalue weighted by Gasteiger charge is 2.26. The minimum Gasteiger partial charge on any atom is -0.493 e. The van der Waals surface area contributed by atoms with Crippen molar-refractivity contribution in [3.8, 4) is 11.5 Å². The highest BCUT2D eigenvalue weighted by molar-refractivity contribution is 5.87. The minimum atomic E-state index is -0.566. The van der Waals surface area contributed by atoms with Gasteiger partial charge in [0, 0.05) is 19.0 Å². The van der Waals surface area contributed by atoms with Gasteiger partial charge in [-0.1, -0.05) is 42.8 Å². The van der Waals surface area contributed by atoms with Crippen LogP contribution in [0.5, 0.6) is 11.5 Å². The van der Waals surface area contributed by atoms with E-state index in [4.69, 9.17) is 9.47 Å². The van der Waals surface area contributed by atoms with Gasteiger partial charge in [-0.15, -0.1) is 0 Å². The van der Waals surface area contributed by atoms with Crippen LogP contribution in [0.25, 0.3) is 0 Å². The number of hydrogen-bond acceptors (Lipinski definition) is 4. The van der Waals surface area contributed by atoms with Gasteiger partial charge in [0.25, 0.3) is 0 Å². The lowest BCUT2D eigenvalue weighted by Gasteiger charge is -2.30. The van der Waals surface area contributed by atoms with Crippen LogP contribution < -0.4 is 14.8 Å². The summed E-state index contributed by atoms with van der Waals surface area (Å²) in [5, 5.41) is 3.00. The van der Waals surface area contributed by atoms with Crippen LogP contribution in [0.1, 0.15) is 50.3 Å². The SMILES string of the molecule is CC[C@@H](C)NC(=O)[C@@H](C)N(Cc1ccc(C)cc1)C(=O)CCc1ccc(OC)c(OC)c1. The van der Waals surface area contributed by atoms with Gasteiger partial charge >= 0.3 is 0 Å². The number of nitrogens with one attached hydrogen (secondary N) is 1. The van der Waals surface area contributed by atoms with Crippen molar-refractivity contribution in [3.05, 3.63) is 59.2 Å². The Kier molecular flexibility index (Phi) is 9.57. The summed E-state index contributed by atoms with van der Waals surface area (Å²) >= 11 is 0. The van der Waals surface area contributed by atoms with Crippen molar-refractivity contribution in [2.75, 3.05) is 14.2 Å². The lowest BCUT2D eigenvalue weighted by molar-refractivity contribution is -0.140. The third-order valence-corrected chi connectivity index (χ3v) is 5.72. The molecule has 0 spiro atoms. The van der Waals surface area contributed by atoms with Crippen LogP contribution in [0.4, 0.5) is 0 Å². The molecule has 0 bridgehead atoms. The normalized spacial score (nSPS) is 12.6. The molecular weight excluding hydrogens is 404 g/mol. The molecule has 1 N–H and O–H groups in total. The summed E-state index contributed by atoms with van der Waals surface area (Å²) in [6, 6.07) is 13.2. The molecule has 0 unspecified atom stereocenters. The van der Waals surface area contributed by atoms with Crippen molar-refractivity contribution >= 4 is 11.8 Å². The molecule has 2 rings (SSSR count). The average Bonchev–Trinajstić information content (AvgIpc) is 2.81. The van der Waals surface area contributed by atoms with E-state index in [0.29, 0.717) is 30.9 Å². The van der Waals surface area contributed by atoms with Gasteiger partial charge in [0.2, 0.25) is 11.8 Å². The van der Waals surface area contributed by atoms with E-state index in [-0.39, 0.29) is 17.9 Å². The first-order chi connectivity index (χ1) is 15.3. The molecule has 2 aromatic carbocycles. The van der Waals surface area contributed by atoms with Crippen LogP contribution in [0.15, 0.2) is 42.5 Å². The van der Waals surface area contributed by atoms with Gasteiger partial charge in [-0.05, 0) is 56.9 Å². The first kappa shape index (κ1) is 25.2. The van der Waals surface area contributed by atoms with E-state index in [1.807, 2.05) is 63.2 Å². The predicted octanol–water partition coefficient (Wildman–Crippen LogP) is 4.28. The zero-order valence-electron chi connectivity index (χ0n) is 20.1. The Morgan fingerprint density at radius 3 is 2.19 bits per heavy atom. The molecule has 0 heterocycles. The molecule has 32 heavy (non-hydrogen) atoms. The molecule has 0 aliphatic carbocycles. The van der Waals surface area contributed by atoms with Gasteiger partial charge in [0.15, 0.2) is 11.5 Å². The van der Waals surface area contributed by atoms with Gasteiger partial charge in [-0.2, -0.15) is 0 Å². The number of aryl methyl sites for hydroxylation is 2. The van der Waals surface area contributed by atoms with Crippen molar-refractivity contribution in [1.82, 2.24) is 10.2 Å². The lowest BCUT2D eigenvalue weighted by Crippen LogP contribution is -2.49. The Balaban J connectivity index is 2.17. The van der Waals surface area contributed by atoms with Crippen LogP contribution in [0.3, 0.4) is 0 Å². The maximum atomic E-state index is 13.3. The number of hydrogen-bond donors (Lipinski definition) is 1. The predicted molar refractivity (Wildman–Crippen MR) is 127 cm³/mol. The van der Waals surface area contributed by atoms with Crippen molar-refractivity contribution in [3.63, 3.8) is 0 Å². The van der Waals surface area contributed by atoms with Gasteiger partial charge < -0.3 is 19.7 Å². The van der Waals surface area contributed by atoms with Gasteiger partial charge in [0.05, 0.1) is 14.2 Å². The Bertz CT molecular complexity index is 895. The molecule has 174 valence electrons. The summed E-state index contributed by atoms with van der Waals surface area (Å²) in [4.78, 5) is 27.7. The number of amides is 2. The molecular formula is C26H36N2O4. The summed E-state index contributed by atoms with van der Waals surface area (Å²) in [6.07, 6.45) is 1.68. The van der Waals surface area contributed by atoms with Gasteiger partial charge in [-0.3, -0.25) is 9.59 Å². The van der Waals surface area contributed by atoms with Gasteiger partial charge in [0.1, 0.15) is 6.04 Å². The second-order valence-electron chi connectivity index (χ2n) is 8.19. The van der Waals surface area contributed by atoms with E-state index in [1.165, 1.54) is 0 Å². The first-order valence-electron chi connectivity index (χ1n) is 11.1. The number of ether oxygens (including phenoxy) is 2. The third kappa shape index (κ3) is 7.01. The molecule has 0 aromatic heterocycles. The van der Waals surface area contributed by atoms with Crippen LogP contribution in [0, 0.1) is 6.92 Å². The first-order valence-corrected chi connectivity index (χ1v) is 11.1. The van der Waals surface area contributed by atoms with Crippen LogP contribution in [0.2, 0.25) is 0 Å².